The van der Waals surface area contributed by atoms with Crippen LogP contribution in [0.3, 0.4) is 0 Å². The van der Waals surface area contributed by atoms with Crippen molar-refractivity contribution in [2.24, 2.45) is 5.92 Å². The predicted molar refractivity (Wildman–Crippen MR) is 70.0 cm³/mol. The average molecular weight is 249 g/mol. The van der Waals surface area contributed by atoms with E-state index in [-0.39, 0.29) is 18.3 Å². The molecule has 1 amide bonds. The first-order valence-electron chi connectivity index (χ1n) is 6.26. The third-order valence-electron chi connectivity index (χ3n) is 3.29. The van der Waals surface area contributed by atoms with Gasteiger partial charge in [0.2, 0.25) is 5.91 Å². The van der Waals surface area contributed by atoms with Crippen molar-refractivity contribution in [3.8, 4) is 0 Å². The van der Waals surface area contributed by atoms with Crippen LogP contribution in [0.15, 0.2) is 0 Å². The highest BCUT2D eigenvalue weighted by Gasteiger charge is 2.33. The van der Waals surface area contributed by atoms with Crippen LogP contribution in [0.4, 0.5) is 0 Å². The summed E-state index contributed by atoms with van der Waals surface area (Å²) in [5, 5.41) is 3.41. The molecule has 0 spiro atoms. The monoisotopic (exact) mass is 248 g/mol. The lowest BCUT2D eigenvalue weighted by Gasteiger charge is -2.26. The number of rotatable bonds is 5. The molecule has 0 bridgehead atoms. The molecule has 0 saturated carbocycles. The number of carbonyl (C=O) groups is 1. The van der Waals surface area contributed by atoms with Gasteiger partial charge in [-0.3, -0.25) is 4.79 Å². The first-order chi connectivity index (χ1) is 7.24. The van der Waals surface area contributed by atoms with E-state index in [4.69, 9.17) is 0 Å². The minimum Gasteiger partial charge on any atom is -0.343 e. The van der Waals surface area contributed by atoms with Crippen molar-refractivity contribution in [3.05, 3.63) is 0 Å². The number of carbonyl (C=O) groups excluding carboxylic acids is 1. The molecule has 1 aliphatic heterocycles. The van der Waals surface area contributed by atoms with E-state index in [0.717, 1.165) is 38.9 Å². The summed E-state index contributed by atoms with van der Waals surface area (Å²) in [6.45, 7) is 9.09. The van der Waals surface area contributed by atoms with Gasteiger partial charge in [0.15, 0.2) is 0 Å². The van der Waals surface area contributed by atoms with Gasteiger partial charge in [-0.1, -0.05) is 13.8 Å². The molecule has 3 nitrogen and oxygen atoms in total. The first-order valence-corrected chi connectivity index (χ1v) is 6.26. The zero-order chi connectivity index (χ0) is 11.3. The van der Waals surface area contributed by atoms with Gasteiger partial charge >= 0.3 is 0 Å². The molecule has 1 heterocycles. The molecule has 1 aliphatic rings. The SMILES string of the molecule is CCCN(CC)C(=O)C1CCNC1CC.Cl. The van der Waals surface area contributed by atoms with E-state index in [1.807, 2.05) is 4.90 Å². The lowest BCUT2D eigenvalue weighted by Crippen LogP contribution is -2.41. The Morgan fingerprint density at radius 1 is 1.38 bits per heavy atom. The fraction of sp³-hybridized carbons (Fsp3) is 0.917. The van der Waals surface area contributed by atoms with Crippen molar-refractivity contribution in [1.82, 2.24) is 10.2 Å². The van der Waals surface area contributed by atoms with Crippen molar-refractivity contribution in [1.29, 1.82) is 0 Å². The predicted octanol–water partition coefficient (Wildman–Crippen LogP) is 2.05. The molecule has 0 aromatic carbocycles. The van der Waals surface area contributed by atoms with E-state index >= 15 is 0 Å². The maximum absolute atomic E-state index is 12.2. The highest BCUT2D eigenvalue weighted by molar-refractivity contribution is 5.85. The van der Waals surface area contributed by atoms with Crippen LogP contribution in [0.25, 0.3) is 0 Å². The van der Waals surface area contributed by atoms with E-state index in [0.29, 0.717) is 11.9 Å². The minimum atomic E-state index is 0. The first kappa shape index (κ1) is 15.7. The fourth-order valence-electron chi connectivity index (χ4n) is 2.42. The molecule has 4 heteroatoms. The zero-order valence-corrected chi connectivity index (χ0v) is 11.5. The Bertz CT molecular complexity index is 211. The summed E-state index contributed by atoms with van der Waals surface area (Å²) in [6.07, 6.45) is 3.12. The molecule has 1 N–H and O–H groups in total. The van der Waals surface area contributed by atoms with Gasteiger partial charge in [0, 0.05) is 19.1 Å². The van der Waals surface area contributed by atoms with Gasteiger partial charge in [-0.05, 0) is 32.7 Å². The van der Waals surface area contributed by atoms with Gasteiger partial charge < -0.3 is 10.2 Å². The van der Waals surface area contributed by atoms with Crippen LogP contribution >= 0.6 is 12.4 Å². The second-order valence-corrected chi connectivity index (χ2v) is 4.28. The number of amides is 1. The number of nitrogens with one attached hydrogen (secondary N) is 1. The molecule has 1 saturated heterocycles. The Kier molecular flexibility index (Phi) is 7.77. The van der Waals surface area contributed by atoms with Gasteiger partial charge in [0.05, 0.1) is 5.92 Å². The zero-order valence-electron chi connectivity index (χ0n) is 10.7. The number of hydrogen-bond acceptors (Lipinski definition) is 2. The third kappa shape index (κ3) is 3.63. The van der Waals surface area contributed by atoms with Gasteiger partial charge in [0.1, 0.15) is 0 Å². The second-order valence-electron chi connectivity index (χ2n) is 4.28. The van der Waals surface area contributed by atoms with Crippen LogP contribution in [0.2, 0.25) is 0 Å². The summed E-state index contributed by atoms with van der Waals surface area (Å²) >= 11 is 0. The van der Waals surface area contributed by atoms with E-state index in [9.17, 15) is 4.79 Å². The van der Waals surface area contributed by atoms with Gasteiger partial charge in [-0.25, -0.2) is 0 Å². The van der Waals surface area contributed by atoms with Gasteiger partial charge in [-0.15, -0.1) is 12.4 Å². The fourth-order valence-corrected chi connectivity index (χ4v) is 2.42. The van der Waals surface area contributed by atoms with E-state index in [1.54, 1.807) is 0 Å². The molecule has 96 valence electrons. The summed E-state index contributed by atoms with van der Waals surface area (Å²) in [5.74, 6) is 0.581. The van der Waals surface area contributed by atoms with Crippen molar-refractivity contribution in [3.63, 3.8) is 0 Å². The maximum atomic E-state index is 12.2. The maximum Gasteiger partial charge on any atom is 0.227 e. The summed E-state index contributed by atoms with van der Waals surface area (Å²) in [6, 6.07) is 0.406. The van der Waals surface area contributed by atoms with Crippen molar-refractivity contribution in [2.75, 3.05) is 19.6 Å². The average Bonchev–Trinajstić information content (AvgIpc) is 2.72. The molecule has 0 aromatic heterocycles. The Hall–Kier alpha value is -0.280. The van der Waals surface area contributed by atoms with Crippen LogP contribution in [-0.2, 0) is 4.79 Å². The molecule has 2 unspecified atom stereocenters. The molecule has 16 heavy (non-hydrogen) atoms. The smallest absolute Gasteiger partial charge is 0.227 e. The Morgan fingerprint density at radius 2 is 2.06 bits per heavy atom. The lowest BCUT2D eigenvalue weighted by atomic mass is 9.97. The number of halogens is 1. The molecule has 0 radical (unpaired) electrons. The van der Waals surface area contributed by atoms with E-state index < -0.39 is 0 Å². The number of hydrogen-bond donors (Lipinski definition) is 1. The summed E-state index contributed by atoms with van der Waals surface area (Å²) in [4.78, 5) is 14.2. The molecular formula is C12H25ClN2O. The highest BCUT2D eigenvalue weighted by Crippen LogP contribution is 2.20. The van der Waals surface area contributed by atoms with Crippen molar-refractivity contribution < 1.29 is 4.79 Å². The molecule has 0 aromatic rings. The van der Waals surface area contributed by atoms with E-state index in [1.165, 1.54) is 0 Å². The third-order valence-corrected chi connectivity index (χ3v) is 3.29. The topological polar surface area (TPSA) is 32.3 Å². The van der Waals surface area contributed by atoms with Crippen LogP contribution < -0.4 is 5.32 Å². The molecule has 2 atom stereocenters. The van der Waals surface area contributed by atoms with Crippen LogP contribution in [0.5, 0.6) is 0 Å². The minimum absolute atomic E-state index is 0. The molecule has 1 rings (SSSR count). The van der Waals surface area contributed by atoms with Crippen LogP contribution in [0, 0.1) is 5.92 Å². The van der Waals surface area contributed by atoms with Crippen molar-refractivity contribution >= 4 is 18.3 Å². The molecule has 0 aliphatic carbocycles. The Labute approximate surface area is 105 Å². The highest BCUT2D eigenvalue weighted by atomic mass is 35.5. The lowest BCUT2D eigenvalue weighted by molar-refractivity contribution is -0.135. The summed E-state index contributed by atoms with van der Waals surface area (Å²) in [7, 11) is 0. The summed E-state index contributed by atoms with van der Waals surface area (Å²) < 4.78 is 0. The van der Waals surface area contributed by atoms with Gasteiger partial charge in [0.25, 0.3) is 0 Å². The quantitative estimate of drug-likeness (QED) is 0.808. The Morgan fingerprint density at radius 3 is 2.56 bits per heavy atom. The van der Waals surface area contributed by atoms with Gasteiger partial charge in [-0.2, -0.15) is 0 Å². The standard InChI is InChI=1S/C12H24N2O.ClH/c1-4-9-14(6-3)12(15)10-7-8-13-11(10)5-2;/h10-11,13H,4-9H2,1-3H3;1H. The Balaban J connectivity index is 0.00000225. The van der Waals surface area contributed by atoms with Crippen LogP contribution in [-0.4, -0.2) is 36.5 Å². The molecule has 1 fully saturated rings. The summed E-state index contributed by atoms with van der Waals surface area (Å²) in [5.41, 5.74) is 0. The normalized spacial score (nSPS) is 23.9. The largest absolute Gasteiger partial charge is 0.343 e. The van der Waals surface area contributed by atoms with Crippen molar-refractivity contribution in [2.45, 2.75) is 46.1 Å². The van der Waals surface area contributed by atoms with E-state index in [2.05, 4.69) is 26.1 Å². The molecular weight excluding hydrogens is 224 g/mol. The number of nitrogens with zero attached hydrogens (tertiary/aromatic N) is 1. The van der Waals surface area contributed by atoms with Crippen LogP contribution in [0.1, 0.15) is 40.0 Å². The second kappa shape index (κ2) is 7.91.